The summed E-state index contributed by atoms with van der Waals surface area (Å²) in [6.07, 6.45) is 0. The number of hydrogen-bond donors (Lipinski definition) is 1. The van der Waals surface area contributed by atoms with E-state index in [4.69, 9.17) is 15.0 Å². The maximum atomic E-state index is 5.43. The molecule has 1 aromatic carbocycles. The van der Waals surface area contributed by atoms with Gasteiger partial charge in [0.15, 0.2) is 5.82 Å². The number of ether oxygens (including phenoxy) is 1. The molecule has 0 atom stereocenters. The van der Waals surface area contributed by atoms with Gasteiger partial charge in [-0.1, -0.05) is 23.4 Å². The average molecular weight is 262 g/mol. The highest BCUT2D eigenvalue weighted by Crippen LogP contribution is 2.19. The monoisotopic (exact) mass is 262 g/mol. The lowest BCUT2D eigenvalue weighted by Gasteiger charge is -2.16. The molecule has 0 saturated heterocycles. The van der Waals surface area contributed by atoms with Gasteiger partial charge in [-0.3, -0.25) is 4.90 Å². The third kappa shape index (κ3) is 3.52. The Morgan fingerprint density at radius 3 is 2.79 bits per heavy atom. The third-order valence-corrected chi connectivity index (χ3v) is 2.73. The Balaban J connectivity index is 1.98. The SMILES string of the molecule is COc1ccccc1CN(C)Cc1noc(CN)n1. The number of para-hydroxylation sites is 1. The Labute approximate surface area is 112 Å². The van der Waals surface area contributed by atoms with Crippen LogP contribution in [0.4, 0.5) is 0 Å². The first kappa shape index (κ1) is 13.5. The second-order valence-corrected chi connectivity index (χ2v) is 4.29. The number of aromatic nitrogens is 2. The van der Waals surface area contributed by atoms with Crippen LogP contribution < -0.4 is 10.5 Å². The van der Waals surface area contributed by atoms with E-state index in [-0.39, 0.29) is 6.54 Å². The minimum absolute atomic E-state index is 0.267. The first-order valence-electron chi connectivity index (χ1n) is 6.05. The number of hydrogen-bond acceptors (Lipinski definition) is 6. The Hall–Kier alpha value is -1.92. The molecule has 0 aliphatic rings. The van der Waals surface area contributed by atoms with Crippen molar-refractivity contribution in [1.82, 2.24) is 15.0 Å². The highest BCUT2D eigenvalue weighted by atomic mass is 16.5. The lowest BCUT2D eigenvalue weighted by atomic mass is 10.2. The van der Waals surface area contributed by atoms with Crippen LogP contribution >= 0.6 is 0 Å². The summed E-state index contributed by atoms with van der Waals surface area (Å²) < 4.78 is 10.3. The van der Waals surface area contributed by atoms with Crippen molar-refractivity contribution in [2.24, 2.45) is 5.73 Å². The molecule has 1 aromatic heterocycles. The summed E-state index contributed by atoms with van der Waals surface area (Å²) in [4.78, 5) is 6.26. The van der Waals surface area contributed by atoms with Crippen LogP contribution in [0.1, 0.15) is 17.3 Å². The van der Waals surface area contributed by atoms with Crippen LogP contribution in [0.3, 0.4) is 0 Å². The van der Waals surface area contributed by atoms with Crippen molar-refractivity contribution in [2.45, 2.75) is 19.6 Å². The van der Waals surface area contributed by atoms with Crippen LogP contribution in [0, 0.1) is 0 Å². The highest BCUT2D eigenvalue weighted by Gasteiger charge is 2.10. The van der Waals surface area contributed by atoms with Crippen LogP contribution in [0.2, 0.25) is 0 Å². The molecule has 102 valence electrons. The molecule has 2 N–H and O–H groups in total. The fourth-order valence-corrected chi connectivity index (χ4v) is 1.86. The first-order valence-corrected chi connectivity index (χ1v) is 6.05. The van der Waals surface area contributed by atoms with Gasteiger partial charge in [0.05, 0.1) is 20.2 Å². The summed E-state index contributed by atoms with van der Waals surface area (Å²) in [6.45, 7) is 1.61. The third-order valence-electron chi connectivity index (χ3n) is 2.73. The maximum absolute atomic E-state index is 5.43. The van der Waals surface area contributed by atoms with E-state index in [1.165, 1.54) is 0 Å². The predicted molar refractivity (Wildman–Crippen MR) is 70.4 cm³/mol. The fraction of sp³-hybridized carbons (Fsp3) is 0.385. The molecule has 0 unspecified atom stereocenters. The molecule has 2 rings (SSSR count). The van der Waals surface area contributed by atoms with Crippen molar-refractivity contribution in [2.75, 3.05) is 14.2 Å². The van der Waals surface area contributed by atoms with E-state index in [0.29, 0.717) is 18.3 Å². The molecule has 2 aromatic rings. The van der Waals surface area contributed by atoms with Gasteiger partial charge >= 0.3 is 0 Å². The van der Waals surface area contributed by atoms with Gasteiger partial charge in [-0.25, -0.2) is 0 Å². The van der Waals surface area contributed by atoms with E-state index >= 15 is 0 Å². The van der Waals surface area contributed by atoms with E-state index in [2.05, 4.69) is 15.0 Å². The molecule has 0 aliphatic carbocycles. The van der Waals surface area contributed by atoms with Crippen molar-refractivity contribution in [1.29, 1.82) is 0 Å². The van der Waals surface area contributed by atoms with E-state index < -0.39 is 0 Å². The highest BCUT2D eigenvalue weighted by molar-refractivity contribution is 5.32. The summed E-state index contributed by atoms with van der Waals surface area (Å²) >= 11 is 0. The Morgan fingerprint density at radius 1 is 1.32 bits per heavy atom. The zero-order chi connectivity index (χ0) is 13.7. The van der Waals surface area contributed by atoms with E-state index in [1.54, 1.807) is 7.11 Å². The second-order valence-electron chi connectivity index (χ2n) is 4.29. The molecule has 0 saturated carbocycles. The molecule has 1 heterocycles. The van der Waals surface area contributed by atoms with E-state index in [0.717, 1.165) is 17.9 Å². The van der Waals surface area contributed by atoms with Crippen LogP contribution in [0.15, 0.2) is 28.8 Å². The zero-order valence-corrected chi connectivity index (χ0v) is 11.2. The van der Waals surface area contributed by atoms with Gasteiger partial charge in [0.25, 0.3) is 0 Å². The van der Waals surface area contributed by atoms with Crippen LogP contribution in [-0.4, -0.2) is 29.2 Å². The lowest BCUT2D eigenvalue weighted by Crippen LogP contribution is -2.18. The van der Waals surface area contributed by atoms with Crippen LogP contribution in [0.5, 0.6) is 5.75 Å². The van der Waals surface area contributed by atoms with Crippen LogP contribution in [0.25, 0.3) is 0 Å². The fourth-order valence-electron chi connectivity index (χ4n) is 1.86. The molecule has 0 amide bonds. The lowest BCUT2D eigenvalue weighted by molar-refractivity contribution is 0.293. The van der Waals surface area contributed by atoms with Gasteiger partial charge in [-0.05, 0) is 13.1 Å². The van der Waals surface area contributed by atoms with E-state index in [1.807, 2.05) is 31.3 Å². The minimum Gasteiger partial charge on any atom is -0.496 e. The van der Waals surface area contributed by atoms with Gasteiger partial charge in [-0.2, -0.15) is 4.98 Å². The molecule has 0 fully saturated rings. The normalized spacial score (nSPS) is 10.9. The molecule has 0 bridgehead atoms. The number of methoxy groups -OCH3 is 1. The summed E-state index contributed by atoms with van der Waals surface area (Å²) in [5.41, 5.74) is 6.55. The molecule has 6 heteroatoms. The summed E-state index contributed by atoms with van der Waals surface area (Å²) in [5, 5.41) is 3.87. The van der Waals surface area contributed by atoms with Crippen molar-refractivity contribution in [3.05, 3.63) is 41.5 Å². The van der Waals surface area contributed by atoms with Crippen molar-refractivity contribution >= 4 is 0 Å². The molecule has 19 heavy (non-hydrogen) atoms. The number of rotatable bonds is 6. The average Bonchev–Trinajstić information content (AvgIpc) is 2.87. The predicted octanol–water partition coefficient (Wildman–Crippen LogP) is 1.17. The second kappa shape index (κ2) is 6.31. The van der Waals surface area contributed by atoms with Gasteiger partial charge in [0.1, 0.15) is 5.75 Å². The van der Waals surface area contributed by atoms with Crippen molar-refractivity contribution in [3.63, 3.8) is 0 Å². The number of nitrogens with two attached hydrogens (primary N) is 1. The smallest absolute Gasteiger partial charge is 0.240 e. The summed E-state index contributed by atoms with van der Waals surface area (Å²) in [7, 11) is 3.66. The molecule has 6 nitrogen and oxygen atoms in total. The Bertz CT molecular complexity index is 527. The quantitative estimate of drug-likeness (QED) is 0.842. The molecular formula is C13H18N4O2. The van der Waals surface area contributed by atoms with Gasteiger partial charge < -0.3 is 15.0 Å². The van der Waals surface area contributed by atoms with Gasteiger partial charge in [0, 0.05) is 12.1 Å². The molecular weight excluding hydrogens is 244 g/mol. The topological polar surface area (TPSA) is 77.4 Å². The van der Waals surface area contributed by atoms with Crippen LogP contribution in [-0.2, 0) is 19.6 Å². The Morgan fingerprint density at radius 2 is 2.11 bits per heavy atom. The largest absolute Gasteiger partial charge is 0.496 e. The standard InChI is InChI=1S/C13H18N4O2/c1-17(9-12-15-13(7-14)19-16-12)8-10-5-3-4-6-11(10)18-2/h3-6H,7-9,14H2,1-2H3. The molecule has 0 aliphatic heterocycles. The Kier molecular flexibility index (Phi) is 4.48. The number of nitrogens with zero attached hydrogens (tertiary/aromatic N) is 3. The molecule has 0 radical (unpaired) electrons. The van der Waals surface area contributed by atoms with Crippen molar-refractivity contribution in [3.8, 4) is 5.75 Å². The van der Waals surface area contributed by atoms with E-state index in [9.17, 15) is 0 Å². The first-order chi connectivity index (χ1) is 9.22. The van der Waals surface area contributed by atoms with Crippen molar-refractivity contribution < 1.29 is 9.26 Å². The summed E-state index contributed by atoms with van der Waals surface area (Å²) in [6, 6.07) is 7.93. The maximum Gasteiger partial charge on any atom is 0.240 e. The summed E-state index contributed by atoms with van der Waals surface area (Å²) in [5.74, 6) is 1.98. The number of benzene rings is 1. The van der Waals surface area contributed by atoms with Gasteiger partial charge in [-0.15, -0.1) is 0 Å². The minimum atomic E-state index is 0.267. The van der Waals surface area contributed by atoms with Gasteiger partial charge in [0.2, 0.25) is 5.89 Å². The molecule has 0 spiro atoms. The zero-order valence-electron chi connectivity index (χ0n) is 11.2.